The number of nitrogens with two attached hydrogens (primary N) is 1. The molecule has 1 aromatic rings. The van der Waals surface area contributed by atoms with E-state index in [9.17, 15) is 8.78 Å². The highest BCUT2D eigenvalue weighted by Crippen LogP contribution is 2.18. The largest absolute Gasteiger partial charge is 0.435 e. The van der Waals surface area contributed by atoms with Crippen LogP contribution in [0.25, 0.3) is 0 Å². The Balaban J connectivity index is 2.76. The molecule has 5 heteroatoms. The first kappa shape index (κ1) is 11.4. The van der Waals surface area contributed by atoms with Crippen LogP contribution in [0.5, 0.6) is 5.75 Å². The van der Waals surface area contributed by atoms with Crippen LogP contribution in [0.15, 0.2) is 24.3 Å². The predicted octanol–water partition coefficient (Wildman–Crippen LogP) is 1.43. The van der Waals surface area contributed by atoms with E-state index in [1.807, 2.05) is 0 Å². The number of alkyl halides is 2. The molecule has 80 valence electrons. The van der Waals surface area contributed by atoms with E-state index in [4.69, 9.17) is 12.3 Å². The summed E-state index contributed by atoms with van der Waals surface area (Å²) in [6, 6.07) is 5.52. The first-order chi connectivity index (χ1) is 7.17. The van der Waals surface area contributed by atoms with E-state index in [1.54, 1.807) is 12.1 Å². The standard InChI is InChI=1S/C10H10F2N2O/c1-2-9(14-13)7-3-5-8(6-4-7)15-10(11)12/h1,3-6,9-10,14H,13H2. The molecule has 0 bridgehead atoms. The highest BCUT2D eigenvalue weighted by Gasteiger charge is 2.07. The van der Waals surface area contributed by atoms with Gasteiger partial charge in [0.05, 0.1) is 0 Å². The Labute approximate surface area is 86.2 Å². The summed E-state index contributed by atoms with van der Waals surface area (Å²) < 4.78 is 27.8. The summed E-state index contributed by atoms with van der Waals surface area (Å²) in [7, 11) is 0. The molecular formula is C10H10F2N2O. The minimum atomic E-state index is -2.83. The molecule has 0 fully saturated rings. The Morgan fingerprint density at radius 2 is 1.93 bits per heavy atom. The molecule has 0 aliphatic carbocycles. The molecular weight excluding hydrogens is 202 g/mol. The van der Waals surface area contributed by atoms with Crippen molar-refractivity contribution < 1.29 is 13.5 Å². The van der Waals surface area contributed by atoms with E-state index in [0.29, 0.717) is 5.56 Å². The van der Waals surface area contributed by atoms with Crippen LogP contribution in [0.4, 0.5) is 8.78 Å². The molecule has 0 radical (unpaired) electrons. The van der Waals surface area contributed by atoms with Crippen molar-refractivity contribution in [3.8, 4) is 18.1 Å². The number of hydrazine groups is 1. The molecule has 0 spiro atoms. The second kappa shape index (κ2) is 5.29. The van der Waals surface area contributed by atoms with E-state index >= 15 is 0 Å². The van der Waals surface area contributed by atoms with Gasteiger partial charge in [0.25, 0.3) is 0 Å². The summed E-state index contributed by atoms with van der Waals surface area (Å²) in [4.78, 5) is 0. The fourth-order valence-electron chi connectivity index (χ4n) is 1.08. The molecule has 1 atom stereocenters. The van der Waals surface area contributed by atoms with Gasteiger partial charge < -0.3 is 4.74 Å². The molecule has 0 saturated heterocycles. The molecule has 3 nitrogen and oxygen atoms in total. The zero-order valence-corrected chi connectivity index (χ0v) is 7.78. The maximum absolute atomic E-state index is 11.8. The Hall–Kier alpha value is -1.64. The molecule has 1 unspecified atom stereocenters. The first-order valence-corrected chi connectivity index (χ1v) is 4.14. The second-order valence-corrected chi connectivity index (χ2v) is 2.71. The van der Waals surface area contributed by atoms with Gasteiger partial charge in [-0.2, -0.15) is 8.78 Å². The zero-order chi connectivity index (χ0) is 11.3. The van der Waals surface area contributed by atoms with Crippen molar-refractivity contribution in [2.24, 2.45) is 5.84 Å². The number of benzene rings is 1. The maximum atomic E-state index is 11.8. The monoisotopic (exact) mass is 212 g/mol. The van der Waals surface area contributed by atoms with Crippen LogP contribution in [-0.2, 0) is 0 Å². The van der Waals surface area contributed by atoms with Crippen molar-refractivity contribution in [3.05, 3.63) is 29.8 Å². The van der Waals surface area contributed by atoms with Gasteiger partial charge in [-0.05, 0) is 17.7 Å². The Morgan fingerprint density at radius 1 is 1.33 bits per heavy atom. The summed E-state index contributed by atoms with van der Waals surface area (Å²) in [5, 5.41) is 0. The lowest BCUT2D eigenvalue weighted by Crippen LogP contribution is -2.26. The number of ether oxygens (including phenoxy) is 1. The number of rotatable bonds is 4. The molecule has 0 aromatic heterocycles. The van der Waals surface area contributed by atoms with E-state index in [1.165, 1.54) is 12.1 Å². The van der Waals surface area contributed by atoms with Crippen LogP contribution < -0.4 is 16.0 Å². The molecule has 0 aliphatic heterocycles. The minimum absolute atomic E-state index is 0.0848. The summed E-state index contributed by atoms with van der Waals surface area (Å²) in [6.45, 7) is -2.83. The molecule has 0 heterocycles. The highest BCUT2D eigenvalue weighted by atomic mass is 19.3. The molecule has 1 rings (SSSR count). The fraction of sp³-hybridized carbons (Fsp3) is 0.200. The maximum Gasteiger partial charge on any atom is 0.387 e. The quantitative estimate of drug-likeness (QED) is 0.451. The van der Waals surface area contributed by atoms with Crippen molar-refractivity contribution in [2.75, 3.05) is 0 Å². The van der Waals surface area contributed by atoms with Gasteiger partial charge >= 0.3 is 6.61 Å². The molecule has 0 saturated carbocycles. The topological polar surface area (TPSA) is 47.3 Å². The average molecular weight is 212 g/mol. The van der Waals surface area contributed by atoms with Gasteiger partial charge in [0.1, 0.15) is 11.8 Å². The van der Waals surface area contributed by atoms with Gasteiger partial charge in [0.2, 0.25) is 0 Å². The van der Waals surface area contributed by atoms with Crippen LogP contribution >= 0.6 is 0 Å². The van der Waals surface area contributed by atoms with E-state index in [-0.39, 0.29) is 5.75 Å². The lowest BCUT2D eigenvalue weighted by molar-refractivity contribution is -0.0498. The van der Waals surface area contributed by atoms with Crippen LogP contribution in [-0.4, -0.2) is 6.61 Å². The van der Waals surface area contributed by atoms with Gasteiger partial charge in [0.15, 0.2) is 0 Å². The van der Waals surface area contributed by atoms with Crippen molar-refractivity contribution >= 4 is 0 Å². The summed E-state index contributed by atoms with van der Waals surface area (Å²) in [5.41, 5.74) is 3.11. The normalized spacial score (nSPS) is 12.2. The lowest BCUT2D eigenvalue weighted by atomic mass is 10.1. The van der Waals surface area contributed by atoms with Crippen LogP contribution in [0, 0.1) is 12.3 Å². The third-order valence-electron chi connectivity index (χ3n) is 1.77. The Morgan fingerprint density at radius 3 is 2.33 bits per heavy atom. The predicted molar refractivity (Wildman–Crippen MR) is 52.0 cm³/mol. The molecule has 3 N–H and O–H groups in total. The van der Waals surface area contributed by atoms with Crippen LogP contribution in [0.1, 0.15) is 11.6 Å². The van der Waals surface area contributed by atoms with Crippen LogP contribution in [0.3, 0.4) is 0 Å². The number of halogens is 2. The van der Waals surface area contributed by atoms with Crippen molar-refractivity contribution in [1.82, 2.24) is 5.43 Å². The Bertz CT molecular complexity index is 345. The zero-order valence-electron chi connectivity index (χ0n) is 7.78. The lowest BCUT2D eigenvalue weighted by Gasteiger charge is -2.10. The van der Waals surface area contributed by atoms with Crippen molar-refractivity contribution in [1.29, 1.82) is 0 Å². The highest BCUT2D eigenvalue weighted by molar-refractivity contribution is 5.32. The third-order valence-corrected chi connectivity index (χ3v) is 1.77. The van der Waals surface area contributed by atoms with E-state index < -0.39 is 12.7 Å². The van der Waals surface area contributed by atoms with Crippen molar-refractivity contribution in [2.45, 2.75) is 12.7 Å². The van der Waals surface area contributed by atoms with Gasteiger partial charge in [-0.25, -0.2) is 5.43 Å². The van der Waals surface area contributed by atoms with Crippen LogP contribution in [0.2, 0.25) is 0 Å². The number of hydrogen-bond acceptors (Lipinski definition) is 3. The van der Waals surface area contributed by atoms with Gasteiger partial charge in [-0.3, -0.25) is 5.84 Å². The van der Waals surface area contributed by atoms with Crippen molar-refractivity contribution in [3.63, 3.8) is 0 Å². The number of terminal acetylenes is 1. The molecule has 1 aromatic carbocycles. The fourth-order valence-corrected chi connectivity index (χ4v) is 1.08. The smallest absolute Gasteiger partial charge is 0.387 e. The van der Waals surface area contributed by atoms with E-state index in [0.717, 1.165) is 0 Å². The Kier molecular flexibility index (Phi) is 4.03. The van der Waals surface area contributed by atoms with Gasteiger partial charge in [0, 0.05) is 0 Å². The van der Waals surface area contributed by atoms with Gasteiger partial charge in [-0.15, -0.1) is 6.42 Å². The minimum Gasteiger partial charge on any atom is -0.435 e. The van der Waals surface area contributed by atoms with Gasteiger partial charge in [-0.1, -0.05) is 18.1 Å². The third kappa shape index (κ3) is 3.20. The summed E-state index contributed by atoms with van der Waals surface area (Å²) >= 11 is 0. The second-order valence-electron chi connectivity index (χ2n) is 2.71. The van der Waals surface area contributed by atoms with E-state index in [2.05, 4.69) is 16.1 Å². The number of nitrogens with one attached hydrogen (secondary N) is 1. The molecule has 15 heavy (non-hydrogen) atoms. The summed E-state index contributed by atoms with van der Waals surface area (Å²) in [6.07, 6.45) is 5.19. The average Bonchev–Trinajstić information content (AvgIpc) is 2.21. The molecule has 0 aliphatic rings. The first-order valence-electron chi connectivity index (χ1n) is 4.14. The SMILES string of the molecule is C#CC(NN)c1ccc(OC(F)F)cc1. The summed E-state index contributed by atoms with van der Waals surface area (Å²) in [5.74, 6) is 7.68. The number of hydrogen-bond donors (Lipinski definition) is 2. The molecule has 0 amide bonds.